The first kappa shape index (κ1) is 22.7. The molecule has 164 valence electrons. The van der Waals surface area contributed by atoms with Crippen LogP contribution in [0.25, 0.3) is 0 Å². The van der Waals surface area contributed by atoms with Crippen LogP contribution in [0.1, 0.15) is 25.8 Å². The van der Waals surface area contributed by atoms with Crippen LogP contribution in [0.4, 0.5) is 9.93 Å². The Hall–Kier alpha value is -2.99. The smallest absolute Gasteiger partial charge is 0.325 e. The lowest BCUT2D eigenvalue weighted by Gasteiger charge is -2.25. The predicted molar refractivity (Wildman–Crippen MR) is 115 cm³/mol. The number of urea groups is 1. The van der Waals surface area contributed by atoms with Crippen LogP contribution in [-0.2, 0) is 24.7 Å². The summed E-state index contributed by atoms with van der Waals surface area (Å²) in [5.41, 5.74) is -0.538. The van der Waals surface area contributed by atoms with Crippen molar-refractivity contribution >= 4 is 52.0 Å². The zero-order valence-corrected chi connectivity index (χ0v) is 18.5. The quantitative estimate of drug-likeness (QED) is 0.250. The van der Waals surface area contributed by atoms with E-state index in [0.29, 0.717) is 22.9 Å². The van der Waals surface area contributed by atoms with Gasteiger partial charge in [-0.05, 0) is 18.9 Å². The van der Waals surface area contributed by atoms with E-state index in [9.17, 15) is 19.2 Å². The van der Waals surface area contributed by atoms with E-state index in [4.69, 9.17) is 4.74 Å². The first-order valence-electron chi connectivity index (χ1n) is 9.51. The summed E-state index contributed by atoms with van der Waals surface area (Å²) < 4.78 is 5.32. The van der Waals surface area contributed by atoms with Crippen molar-refractivity contribution in [3.05, 3.63) is 35.9 Å². The Labute approximate surface area is 186 Å². The van der Waals surface area contributed by atoms with Gasteiger partial charge in [0.25, 0.3) is 5.91 Å². The molecule has 1 fully saturated rings. The molecular formula is C19H21N5O5S2. The Morgan fingerprint density at radius 2 is 1.97 bits per heavy atom. The molecule has 1 atom stereocenters. The number of hydrogen-bond donors (Lipinski definition) is 2. The summed E-state index contributed by atoms with van der Waals surface area (Å²) in [6.45, 7) is 3.36. The number of hydrogen-bond acceptors (Lipinski definition) is 9. The molecule has 1 aromatic carbocycles. The summed E-state index contributed by atoms with van der Waals surface area (Å²) in [4.78, 5) is 50.2. The molecule has 3 rings (SSSR count). The minimum atomic E-state index is -1.20. The zero-order chi connectivity index (χ0) is 22.4. The van der Waals surface area contributed by atoms with Crippen molar-refractivity contribution in [1.29, 1.82) is 0 Å². The van der Waals surface area contributed by atoms with Crippen LogP contribution in [0.15, 0.2) is 34.7 Å². The molecule has 1 saturated heterocycles. The van der Waals surface area contributed by atoms with Gasteiger partial charge in [-0.25, -0.2) is 4.79 Å². The van der Waals surface area contributed by atoms with Crippen LogP contribution >= 0.6 is 23.1 Å². The summed E-state index contributed by atoms with van der Waals surface area (Å²) >= 11 is 2.22. The van der Waals surface area contributed by atoms with Crippen molar-refractivity contribution in [2.24, 2.45) is 0 Å². The highest BCUT2D eigenvalue weighted by atomic mass is 32.2. The molecule has 2 aromatic rings. The molecule has 0 radical (unpaired) electrons. The van der Waals surface area contributed by atoms with Crippen LogP contribution in [0.3, 0.4) is 0 Å². The first-order chi connectivity index (χ1) is 14.9. The van der Waals surface area contributed by atoms with Crippen molar-refractivity contribution in [1.82, 2.24) is 20.4 Å². The summed E-state index contributed by atoms with van der Waals surface area (Å²) in [5, 5.41) is 13.2. The second kappa shape index (κ2) is 9.88. The fourth-order valence-corrected chi connectivity index (χ4v) is 4.64. The molecule has 31 heavy (non-hydrogen) atoms. The van der Waals surface area contributed by atoms with E-state index >= 15 is 0 Å². The highest BCUT2D eigenvalue weighted by molar-refractivity contribution is 8.01. The van der Waals surface area contributed by atoms with Crippen LogP contribution in [0.5, 0.6) is 0 Å². The van der Waals surface area contributed by atoms with Gasteiger partial charge in [-0.2, -0.15) is 0 Å². The van der Waals surface area contributed by atoms with Gasteiger partial charge in [0.05, 0.1) is 12.4 Å². The second-order valence-electron chi connectivity index (χ2n) is 6.46. The standard InChI is InChI=1S/C19H21N5O5S2/c1-3-19(12-8-6-5-7-9-12)15(27)24(17(28)21-19)10-13(25)20-16-22-23-18(31-16)30-11-14(26)29-4-2/h5-9H,3-4,10-11H2,1-2H3,(H,21,28)(H,20,22,25)/t19-/m0/s1. The number of nitrogens with zero attached hydrogens (tertiary/aromatic N) is 3. The van der Waals surface area contributed by atoms with Crippen LogP contribution in [0, 0.1) is 0 Å². The van der Waals surface area contributed by atoms with E-state index < -0.39 is 29.9 Å². The van der Waals surface area contributed by atoms with Gasteiger partial charge >= 0.3 is 12.0 Å². The Morgan fingerprint density at radius 3 is 2.65 bits per heavy atom. The molecule has 1 aromatic heterocycles. The van der Waals surface area contributed by atoms with Crippen molar-refractivity contribution in [3.63, 3.8) is 0 Å². The minimum Gasteiger partial charge on any atom is -0.465 e. The summed E-state index contributed by atoms with van der Waals surface area (Å²) in [7, 11) is 0. The predicted octanol–water partition coefficient (Wildman–Crippen LogP) is 1.99. The van der Waals surface area contributed by atoms with Gasteiger partial charge in [0.1, 0.15) is 12.1 Å². The highest BCUT2D eigenvalue weighted by Gasteiger charge is 2.51. The number of nitrogens with one attached hydrogen (secondary N) is 2. The molecule has 0 saturated carbocycles. The van der Waals surface area contributed by atoms with Gasteiger partial charge in [0.15, 0.2) is 4.34 Å². The average molecular weight is 464 g/mol. The lowest BCUT2D eigenvalue weighted by molar-refractivity contribution is -0.139. The van der Waals surface area contributed by atoms with E-state index in [1.54, 1.807) is 38.1 Å². The molecule has 10 nitrogen and oxygen atoms in total. The molecule has 0 unspecified atom stereocenters. The van der Waals surface area contributed by atoms with E-state index in [-0.39, 0.29) is 16.9 Å². The third-order valence-electron chi connectivity index (χ3n) is 4.55. The maximum absolute atomic E-state index is 13.1. The van der Waals surface area contributed by atoms with E-state index in [0.717, 1.165) is 28.0 Å². The monoisotopic (exact) mass is 463 g/mol. The summed E-state index contributed by atoms with van der Waals surface area (Å²) in [5.74, 6) is -1.35. The van der Waals surface area contributed by atoms with E-state index in [1.807, 2.05) is 6.07 Å². The molecule has 12 heteroatoms. The van der Waals surface area contributed by atoms with Gasteiger partial charge in [0, 0.05) is 0 Å². The van der Waals surface area contributed by atoms with E-state index in [2.05, 4.69) is 20.8 Å². The number of amides is 4. The normalized spacial score (nSPS) is 18.1. The number of aromatic nitrogens is 2. The number of carbonyl (C=O) groups excluding carboxylic acids is 4. The first-order valence-corrected chi connectivity index (χ1v) is 11.3. The lowest BCUT2D eigenvalue weighted by atomic mass is 9.87. The fourth-order valence-electron chi connectivity index (χ4n) is 3.08. The number of thioether (sulfide) groups is 1. The van der Waals surface area contributed by atoms with Crippen molar-refractivity contribution < 1.29 is 23.9 Å². The molecule has 2 heterocycles. The number of imide groups is 1. The topological polar surface area (TPSA) is 131 Å². The maximum atomic E-state index is 13.1. The summed E-state index contributed by atoms with van der Waals surface area (Å²) in [6, 6.07) is 8.29. The molecule has 4 amide bonds. The van der Waals surface area contributed by atoms with Gasteiger partial charge in [-0.3, -0.25) is 24.6 Å². The second-order valence-corrected chi connectivity index (χ2v) is 8.66. The average Bonchev–Trinajstić information content (AvgIpc) is 3.31. The maximum Gasteiger partial charge on any atom is 0.325 e. The number of benzene rings is 1. The summed E-state index contributed by atoms with van der Waals surface area (Å²) in [6.07, 6.45) is 0.344. The molecule has 0 spiro atoms. The lowest BCUT2D eigenvalue weighted by Crippen LogP contribution is -2.44. The SMILES string of the molecule is CCOC(=O)CSc1nnc(NC(=O)CN2C(=O)N[C@@](CC)(c3ccccc3)C2=O)s1. The van der Waals surface area contributed by atoms with Crippen LogP contribution in [0.2, 0.25) is 0 Å². The van der Waals surface area contributed by atoms with Crippen molar-refractivity contribution in [2.45, 2.75) is 30.1 Å². The molecule has 0 aliphatic carbocycles. The highest BCUT2D eigenvalue weighted by Crippen LogP contribution is 2.32. The fraction of sp³-hybridized carbons (Fsp3) is 0.368. The molecule has 0 bridgehead atoms. The number of rotatable bonds is 9. The minimum absolute atomic E-state index is 0.0808. The number of carbonyl (C=O) groups is 4. The van der Waals surface area contributed by atoms with Crippen LogP contribution in [-0.4, -0.2) is 57.8 Å². The Kier molecular flexibility index (Phi) is 7.23. The molecule has 1 aliphatic rings. The Balaban J connectivity index is 1.61. The largest absolute Gasteiger partial charge is 0.465 e. The van der Waals surface area contributed by atoms with Crippen molar-refractivity contribution in [3.8, 4) is 0 Å². The van der Waals surface area contributed by atoms with Gasteiger partial charge < -0.3 is 10.1 Å². The van der Waals surface area contributed by atoms with Gasteiger partial charge in [-0.15, -0.1) is 10.2 Å². The van der Waals surface area contributed by atoms with E-state index in [1.165, 1.54) is 0 Å². The number of esters is 1. The Morgan fingerprint density at radius 1 is 1.23 bits per heavy atom. The van der Waals surface area contributed by atoms with Crippen molar-refractivity contribution in [2.75, 3.05) is 24.2 Å². The molecule has 2 N–H and O–H groups in total. The van der Waals surface area contributed by atoms with Gasteiger partial charge in [-0.1, -0.05) is 60.4 Å². The zero-order valence-electron chi connectivity index (χ0n) is 16.9. The number of ether oxygens (including phenoxy) is 1. The molecular weight excluding hydrogens is 442 g/mol. The Bertz CT molecular complexity index is 983. The third kappa shape index (κ3) is 5.02. The van der Waals surface area contributed by atoms with Crippen LogP contribution < -0.4 is 10.6 Å². The van der Waals surface area contributed by atoms with Gasteiger partial charge in [0.2, 0.25) is 11.0 Å². The number of anilines is 1. The third-order valence-corrected chi connectivity index (χ3v) is 6.49. The molecule has 1 aliphatic heterocycles.